The molecule has 0 spiro atoms. The van der Waals surface area contributed by atoms with Crippen LogP contribution in [0.2, 0.25) is 0 Å². The van der Waals surface area contributed by atoms with Crippen LogP contribution in [0.5, 0.6) is 0 Å². The fraction of sp³-hybridized carbons (Fsp3) is 0.467. The van der Waals surface area contributed by atoms with Crippen molar-refractivity contribution in [1.29, 1.82) is 0 Å². The molecule has 0 aliphatic rings. The van der Waals surface area contributed by atoms with Crippen LogP contribution in [0.1, 0.15) is 37.9 Å². The summed E-state index contributed by atoms with van der Waals surface area (Å²) in [4.78, 5) is 0. The van der Waals surface area contributed by atoms with E-state index in [0.717, 1.165) is 11.1 Å². The third-order valence-corrected chi connectivity index (χ3v) is 5.05. The Hall–Kier alpha value is -1.73. The summed E-state index contributed by atoms with van der Waals surface area (Å²) in [6.07, 6.45) is 1.25. The molecule has 0 fully saturated rings. The summed E-state index contributed by atoms with van der Waals surface area (Å²) < 4.78 is 29.3. The summed E-state index contributed by atoms with van der Waals surface area (Å²) in [5.74, 6) is 0. The Morgan fingerprint density at radius 2 is 1.86 bits per heavy atom. The monoisotopic (exact) mass is 322 g/mol. The lowest BCUT2D eigenvalue weighted by molar-refractivity contribution is 0.303. The molecule has 0 aliphatic carbocycles. The van der Waals surface area contributed by atoms with Crippen LogP contribution in [0.3, 0.4) is 0 Å². The maximum Gasteiger partial charge on any atom is 0.259 e. The van der Waals surface area contributed by atoms with E-state index in [2.05, 4.69) is 15.0 Å². The van der Waals surface area contributed by atoms with Gasteiger partial charge in [0.25, 0.3) is 10.0 Å². The number of aryl methyl sites for hydroxylation is 2. The largest absolute Gasteiger partial charge is 0.259 e. The molecule has 1 aromatic carbocycles. The minimum absolute atomic E-state index is 0.0512. The van der Waals surface area contributed by atoms with E-state index in [1.165, 1.54) is 10.9 Å². The van der Waals surface area contributed by atoms with Gasteiger partial charge in [0.1, 0.15) is 0 Å². The van der Waals surface area contributed by atoms with E-state index in [1.807, 2.05) is 52.0 Å². The molecule has 0 saturated carbocycles. The Morgan fingerprint density at radius 1 is 1.23 bits per heavy atom. The van der Waals surface area contributed by atoms with Crippen molar-refractivity contribution in [2.24, 2.45) is 12.5 Å². The lowest BCUT2D eigenvalue weighted by Gasteiger charge is -2.32. The number of aromatic nitrogens is 3. The van der Waals surface area contributed by atoms with E-state index in [9.17, 15) is 8.42 Å². The molecule has 2 aromatic rings. The molecule has 1 atom stereocenters. The Bertz CT molecular complexity index is 760. The smallest absolute Gasteiger partial charge is 0.236 e. The highest BCUT2D eigenvalue weighted by Crippen LogP contribution is 2.35. The van der Waals surface area contributed by atoms with E-state index < -0.39 is 10.0 Å². The lowest BCUT2D eigenvalue weighted by Crippen LogP contribution is -2.37. The average Bonchev–Trinajstić information content (AvgIpc) is 2.83. The maximum absolute atomic E-state index is 12.6. The summed E-state index contributed by atoms with van der Waals surface area (Å²) >= 11 is 0. The average molecular weight is 322 g/mol. The molecule has 0 bridgehead atoms. The first-order chi connectivity index (χ1) is 10.1. The van der Waals surface area contributed by atoms with E-state index in [4.69, 9.17) is 0 Å². The molecule has 1 aromatic heterocycles. The standard InChI is InChI=1S/C15H22N4O2S/c1-11-8-6-7-9-12(11)14(15(2,3)4)17-22(20,21)13-10-16-18-19(13)5/h6-10,14,17H,1-5H3. The normalized spacial score (nSPS) is 14.0. The second kappa shape index (κ2) is 5.81. The predicted octanol–water partition coefficient (Wildman–Crippen LogP) is 2.19. The Morgan fingerprint density at radius 3 is 2.36 bits per heavy atom. The molecule has 0 radical (unpaired) electrons. The Labute approximate surface area is 131 Å². The van der Waals surface area contributed by atoms with Crippen molar-refractivity contribution in [2.75, 3.05) is 0 Å². The van der Waals surface area contributed by atoms with Crippen LogP contribution in [-0.2, 0) is 17.1 Å². The van der Waals surface area contributed by atoms with Crippen LogP contribution in [0.15, 0.2) is 35.5 Å². The number of benzene rings is 1. The van der Waals surface area contributed by atoms with Crippen LogP contribution in [0, 0.1) is 12.3 Å². The van der Waals surface area contributed by atoms with Crippen LogP contribution in [-0.4, -0.2) is 23.4 Å². The zero-order chi connectivity index (χ0) is 16.5. The SMILES string of the molecule is Cc1ccccc1C(NS(=O)(=O)c1cnnn1C)C(C)(C)C. The van der Waals surface area contributed by atoms with Gasteiger partial charge in [0.05, 0.1) is 12.2 Å². The van der Waals surface area contributed by atoms with Crippen molar-refractivity contribution in [3.05, 3.63) is 41.6 Å². The van der Waals surface area contributed by atoms with Gasteiger partial charge in [0.2, 0.25) is 0 Å². The second-order valence-electron chi connectivity index (χ2n) is 6.47. The molecule has 2 rings (SSSR count). The summed E-state index contributed by atoms with van der Waals surface area (Å²) in [5, 5.41) is 7.38. The minimum Gasteiger partial charge on any atom is -0.236 e. The number of hydrogen-bond acceptors (Lipinski definition) is 4. The second-order valence-corrected chi connectivity index (χ2v) is 8.13. The molecule has 120 valence electrons. The molecule has 0 saturated heterocycles. The first-order valence-corrected chi connectivity index (χ1v) is 8.54. The van der Waals surface area contributed by atoms with Gasteiger partial charge in [0, 0.05) is 7.05 Å². The Balaban J connectivity index is 2.46. The van der Waals surface area contributed by atoms with Crippen LogP contribution in [0.25, 0.3) is 0 Å². The summed E-state index contributed by atoms with van der Waals surface area (Å²) in [6.45, 7) is 8.00. The molecule has 0 amide bonds. The summed E-state index contributed by atoms with van der Waals surface area (Å²) in [7, 11) is -2.15. The highest BCUT2D eigenvalue weighted by atomic mass is 32.2. The molecule has 7 heteroatoms. The van der Waals surface area contributed by atoms with Crippen molar-refractivity contribution in [2.45, 2.75) is 38.8 Å². The van der Waals surface area contributed by atoms with Crippen molar-refractivity contribution in [3.63, 3.8) is 0 Å². The van der Waals surface area contributed by atoms with Crippen molar-refractivity contribution < 1.29 is 8.42 Å². The number of hydrogen-bond donors (Lipinski definition) is 1. The predicted molar refractivity (Wildman–Crippen MR) is 84.7 cm³/mol. The molecule has 0 aliphatic heterocycles. The number of rotatable bonds is 4. The highest BCUT2D eigenvalue weighted by molar-refractivity contribution is 7.89. The van der Waals surface area contributed by atoms with E-state index in [0.29, 0.717) is 0 Å². The highest BCUT2D eigenvalue weighted by Gasteiger charge is 2.33. The van der Waals surface area contributed by atoms with E-state index >= 15 is 0 Å². The van der Waals surface area contributed by atoms with Gasteiger partial charge < -0.3 is 0 Å². The van der Waals surface area contributed by atoms with Crippen LogP contribution < -0.4 is 4.72 Å². The van der Waals surface area contributed by atoms with Gasteiger partial charge in [-0.25, -0.2) is 17.8 Å². The van der Waals surface area contributed by atoms with Crippen molar-refractivity contribution >= 4 is 10.0 Å². The lowest BCUT2D eigenvalue weighted by atomic mass is 9.81. The number of sulfonamides is 1. The Kier molecular flexibility index (Phi) is 4.39. The van der Waals surface area contributed by atoms with Crippen LogP contribution in [0.4, 0.5) is 0 Å². The van der Waals surface area contributed by atoms with Gasteiger partial charge in [-0.15, -0.1) is 5.10 Å². The number of nitrogens with zero attached hydrogens (tertiary/aromatic N) is 3. The van der Waals surface area contributed by atoms with E-state index in [-0.39, 0.29) is 16.5 Å². The molecule has 22 heavy (non-hydrogen) atoms. The van der Waals surface area contributed by atoms with Gasteiger partial charge in [-0.3, -0.25) is 0 Å². The van der Waals surface area contributed by atoms with Gasteiger partial charge in [-0.1, -0.05) is 50.3 Å². The van der Waals surface area contributed by atoms with Gasteiger partial charge in [0.15, 0.2) is 5.03 Å². The first kappa shape index (κ1) is 16.6. The summed E-state index contributed by atoms with van der Waals surface area (Å²) in [6, 6.07) is 7.44. The first-order valence-electron chi connectivity index (χ1n) is 7.05. The zero-order valence-electron chi connectivity index (χ0n) is 13.5. The fourth-order valence-electron chi connectivity index (χ4n) is 2.36. The van der Waals surface area contributed by atoms with Gasteiger partial charge in [-0.05, 0) is 23.5 Å². The van der Waals surface area contributed by atoms with E-state index in [1.54, 1.807) is 7.05 Å². The summed E-state index contributed by atoms with van der Waals surface area (Å²) in [5.41, 5.74) is 1.73. The van der Waals surface area contributed by atoms with Crippen molar-refractivity contribution in [3.8, 4) is 0 Å². The molecular formula is C15H22N4O2S. The van der Waals surface area contributed by atoms with Crippen LogP contribution >= 0.6 is 0 Å². The zero-order valence-corrected chi connectivity index (χ0v) is 14.3. The minimum atomic E-state index is -3.71. The third-order valence-electron chi connectivity index (χ3n) is 3.59. The quantitative estimate of drug-likeness (QED) is 0.936. The third kappa shape index (κ3) is 3.36. The van der Waals surface area contributed by atoms with Gasteiger partial charge >= 0.3 is 0 Å². The molecule has 1 heterocycles. The molecule has 1 N–H and O–H groups in total. The maximum atomic E-state index is 12.6. The van der Waals surface area contributed by atoms with Crippen molar-refractivity contribution in [1.82, 2.24) is 19.7 Å². The topological polar surface area (TPSA) is 76.9 Å². The van der Waals surface area contributed by atoms with Gasteiger partial charge in [-0.2, -0.15) is 0 Å². The molecule has 6 nitrogen and oxygen atoms in total. The molecule has 1 unspecified atom stereocenters. The number of nitrogens with one attached hydrogen (secondary N) is 1. The fourth-order valence-corrected chi connectivity index (χ4v) is 3.84. The molecular weight excluding hydrogens is 300 g/mol.